The van der Waals surface area contributed by atoms with Gasteiger partial charge in [0.15, 0.2) is 0 Å². The summed E-state index contributed by atoms with van der Waals surface area (Å²) in [6.07, 6.45) is 6.67. The first kappa shape index (κ1) is 13.9. The highest BCUT2D eigenvalue weighted by Crippen LogP contribution is 2.13. The summed E-state index contributed by atoms with van der Waals surface area (Å²) in [5, 5.41) is 2.85. The first-order valence-electron chi connectivity index (χ1n) is 6.87. The minimum absolute atomic E-state index is 0.156. The molecule has 108 valence electrons. The summed E-state index contributed by atoms with van der Waals surface area (Å²) in [5.41, 5.74) is 3.05. The molecule has 0 spiro atoms. The normalized spacial score (nSPS) is 10.2. The molecule has 0 aliphatic rings. The Labute approximate surface area is 128 Å². The lowest BCUT2D eigenvalue weighted by Gasteiger charge is -2.06. The zero-order valence-electron chi connectivity index (χ0n) is 11.8. The fourth-order valence-electron chi connectivity index (χ4n) is 1.98. The molecule has 1 amide bonds. The SMILES string of the molecule is O=C(NCc1ccncc1)c1ccc(-c2ccccn2)nc1. The number of amides is 1. The van der Waals surface area contributed by atoms with Gasteiger partial charge in [-0.05, 0) is 42.0 Å². The minimum Gasteiger partial charge on any atom is -0.348 e. The van der Waals surface area contributed by atoms with Crippen molar-refractivity contribution < 1.29 is 4.79 Å². The third-order valence-electron chi connectivity index (χ3n) is 3.16. The maximum Gasteiger partial charge on any atom is 0.253 e. The van der Waals surface area contributed by atoms with E-state index in [1.165, 1.54) is 0 Å². The molecule has 0 bridgehead atoms. The van der Waals surface area contributed by atoms with Crippen molar-refractivity contribution in [2.24, 2.45) is 0 Å². The Morgan fingerprint density at radius 3 is 2.41 bits per heavy atom. The Morgan fingerprint density at radius 1 is 0.909 bits per heavy atom. The fourth-order valence-corrected chi connectivity index (χ4v) is 1.98. The van der Waals surface area contributed by atoms with Crippen LogP contribution in [0.15, 0.2) is 67.3 Å². The summed E-state index contributed by atoms with van der Waals surface area (Å²) < 4.78 is 0. The van der Waals surface area contributed by atoms with Crippen LogP contribution in [0.3, 0.4) is 0 Å². The quantitative estimate of drug-likeness (QED) is 0.801. The number of pyridine rings is 3. The van der Waals surface area contributed by atoms with E-state index in [1.54, 1.807) is 36.9 Å². The van der Waals surface area contributed by atoms with Crippen LogP contribution in [0.4, 0.5) is 0 Å². The largest absolute Gasteiger partial charge is 0.348 e. The second-order valence-electron chi connectivity index (χ2n) is 4.69. The van der Waals surface area contributed by atoms with Gasteiger partial charge < -0.3 is 5.32 Å². The first-order chi connectivity index (χ1) is 10.8. The van der Waals surface area contributed by atoms with E-state index in [2.05, 4.69) is 20.3 Å². The highest BCUT2D eigenvalue weighted by atomic mass is 16.1. The Bertz CT molecular complexity index is 743. The van der Waals surface area contributed by atoms with Crippen molar-refractivity contribution in [2.45, 2.75) is 6.54 Å². The maximum absolute atomic E-state index is 12.1. The monoisotopic (exact) mass is 290 g/mol. The molecule has 5 heteroatoms. The van der Waals surface area contributed by atoms with Gasteiger partial charge >= 0.3 is 0 Å². The number of rotatable bonds is 4. The molecule has 3 aromatic rings. The van der Waals surface area contributed by atoms with Gasteiger partial charge in [0.2, 0.25) is 0 Å². The molecular formula is C17H14N4O. The average molecular weight is 290 g/mol. The van der Waals surface area contributed by atoms with Gasteiger partial charge in [0.1, 0.15) is 0 Å². The minimum atomic E-state index is -0.156. The average Bonchev–Trinajstić information content (AvgIpc) is 2.61. The lowest BCUT2D eigenvalue weighted by molar-refractivity contribution is 0.0950. The van der Waals surface area contributed by atoms with Crippen LogP contribution in [0.5, 0.6) is 0 Å². The van der Waals surface area contributed by atoms with Crippen LogP contribution in [-0.2, 0) is 6.54 Å². The summed E-state index contributed by atoms with van der Waals surface area (Å²) in [4.78, 5) is 24.5. The Balaban J connectivity index is 1.66. The molecule has 0 atom stereocenters. The van der Waals surface area contributed by atoms with Gasteiger partial charge in [-0.2, -0.15) is 0 Å². The van der Waals surface area contributed by atoms with Crippen LogP contribution in [0.2, 0.25) is 0 Å². The van der Waals surface area contributed by atoms with Crippen molar-refractivity contribution in [1.82, 2.24) is 20.3 Å². The number of carbonyl (C=O) groups excluding carboxylic acids is 1. The molecule has 0 unspecified atom stereocenters. The van der Waals surface area contributed by atoms with E-state index in [1.807, 2.05) is 30.3 Å². The molecule has 0 saturated heterocycles. The number of carbonyl (C=O) groups is 1. The van der Waals surface area contributed by atoms with Gasteiger partial charge in [0.05, 0.1) is 17.0 Å². The number of hydrogen-bond acceptors (Lipinski definition) is 4. The Hall–Kier alpha value is -3.08. The lowest BCUT2D eigenvalue weighted by Crippen LogP contribution is -2.22. The molecule has 22 heavy (non-hydrogen) atoms. The van der Waals surface area contributed by atoms with Crippen LogP contribution < -0.4 is 5.32 Å². The van der Waals surface area contributed by atoms with Crippen molar-refractivity contribution >= 4 is 5.91 Å². The van der Waals surface area contributed by atoms with Gasteiger partial charge in [-0.3, -0.25) is 19.7 Å². The molecule has 3 aromatic heterocycles. The molecular weight excluding hydrogens is 276 g/mol. The highest BCUT2D eigenvalue weighted by Gasteiger charge is 2.07. The van der Waals surface area contributed by atoms with Crippen LogP contribution in [0, 0.1) is 0 Å². The van der Waals surface area contributed by atoms with E-state index >= 15 is 0 Å². The van der Waals surface area contributed by atoms with E-state index in [9.17, 15) is 4.79 Å². The van der Waals surface area contributed by atoms with Gasteiger partial charge in [0.25, 0.3) is 5.91 Å². The van der Waals surface area contributed by atoms with Crippen molar-refractivity contribution in [1.29, 1.82) is 0 Å². The van der Waals surface area contributed by atoms with Crippen molar-refractivity contribution in [3.05, 3.63) is 78.4 Å². The molecule has 0 aromatic carbocycles. The van der Waals surface area contributed by atoms with Crippen LogP contribution in [-0.4, -0.2) is 20.9 Å². The fraction of sp³-hybridized carbons (Fsp3) is 0.0588. The molecule has 0 radical (unpaired) electrons. The van der Waals surface area contributed by atoms with Crippen molar-refractivity contribution in [3.63, 3.8) is 0 Å². The molecule has 3 rings (SSSR count). The summed E-state index contributed by atoms with van der Waals surface area (Å²) in [5.74, 6) is -0.156. The number of nitrogens with zero attached hydrogens (tertiary/aromatic N) is 3. The van der Waals surface area contributed by atoms with Crippen LogP contribution in [0.25, 0.3) is 11.4 Å². The predicted octanol–water partition coefficient (Wildman–Crippen LogP) is 2.47. The summed E-state index contributed by atoms with van der Waals surface area (Å²) in [6.45, 7) is 0.462. The number of nitrogens with one attached hydrogen (secondary N) is 1. The van der Waals surface area contributed by atoms with Gasteiger partial charge in [-0.1, -0.05) is 6.07 Å². The first-order valence-corrected chi connectivity index (χ1v) is 6.87. The second kappa shape index (κ2) is 6.58. The summed E-state index contributed by atoms with van der Waals surface area (Å²) in [7, 11) is 0. The van der Waals surface area contributed by atoms with Gasteiger partial charge in [0, 0.05) is 31.3 Å². The molecule has 0 fully saturated rings. The van der Waals surface area contributed by atoms with E-state index in [0.717, 1.165) is 17.0 Å². The van der Waals surface area contributed by atoms with E-state index < -0.39 is 0 Å². The molecule has 0 saturated carbocycles. The Morgan fingerprint density at radius 2 is 1.73 bits per heavy atom. The topological polar surface area (TPSA) is 67.8 Å². The standard InChI is InChI=1S/C17H14N4O/c22-17(21-11-13-6-9-18-10-7-13)14-4-5-16(20-12-14)15-3-1-2-8-19-15/h1-10,12H,11H2,(H,21,22). The van der Waals surface area contributed by atoms with Crippen LogP contribution in [0.1, 0.15) is 15.9 Å². The zero-order valence-corrected chi connectivity index (χ0v) is 11.8. The number of hydrogen-bond donors (Lipinski definition) is 1. The zero-order chi connectivity index (χ0) is 15.2. The van der Waals surface area contributed by atoms with Crippen molar-refractivity contribution in [2.75, 3.05) is 0 Å². The third kappa shape index (κ3) is 3.32. The predicted molar refractivity (Wildman–Crippen MR) is 82.9 cm³/mol. The van der Waals surface area contributed by atoms with E-state index in [0.29, 0.717) is 12.1 Å². The molecule has 0 aliphatic heterocycles. The van der Waals surface area contributed by atoms with Gasteiger partial charge in [-0.25, -0.2) is 0 Å². The molecule has 5 nitrogen and oxygen atoms in total. The smallest absolute Gasteiger partial charge is 0.253 e. The molecule has 1 N–H and O–H groups in total. The highest BCUT2D eigenvalue weighted by molar-refractivity contribution is 5.94. The van der Waals surface area contributed by atoms with Gasteiger partial charge in [-0.15, -0.1) is 0 Å². The molecule has 3 heterocycles. The third-order valence-corrected chi connectivity index (χ3v) is 3.16. The lowest BCUT2D eigenvalue weighted by atomic mass is 10.2. The Kier molecular flexibility index (Phi) is 4.15. The summed E-state index contributed by atoms with van der Waals surface area (Å²) in [6, 6.07) is 12.9. The summed E-state index contributed by atoms with van der Waals surface area (Å²) >= 11 is 0. The van der Waals surface area contributed by atoms with Crippen LogP contribution >= 0.6 is 0 Å². The van der Waals surface area contributed by atoms with E-state index in [-0.39, 0.29) is 5.91 Å². The van der Waals surface area contributed by atoms with Crippen molar-refractivity contribution in [3.8, 4) is 11.4 Å². The van der Waals surface area contributed by atoms with E-state index in [4.69, 9.17) is 0 Å². The number of aromatic nitrogens is 3. The second-order valence-corrected chi connectivity index (χ2v) is 4.69. The maximum atomic E-state index is 12.1. The molecule has 0 aliphatic carbocycles.